The summed E-state index contributed by atoms with van der Waals surface area (Å²) in [5.74, 6) is 0.175. The van der Waals surface area contributed by atoms with Gasteiger partial charge in [0, 0.05) is 40.0 Å². The van der Waals surface area contributed by atoms with Crippen molar-refractivity contribution in [2.24, 2.45) is 0 Å². The summed E-state index contributed by atoms with van der Waals surface area (Å²) in [5.41, 5.74) is 3.59. The molecule has 4 nitrogen and oxygen atoms in total. The summed E-state index contributed by atoms with van der Waals surface area (Å²) in [5, 5.41) is 10.7. The number of rotatable bonds is 1. The summed E-state index contributed by atoms with van der Waals surface area (Å²) in [6, 6.07) is 7.24. The standard InChI is InChI=1S/C16H14N2O2/c1-9-13(19)6-5-12-14(11-4-3-7-17-8-11)10(2)16(20)18-15(9)12/h3-8,19H,1-2H3,(H,18,20). The summed E-state index contributed by atoms with van der Waals surface area (Å²) in [6.45, 7) is 3.58. The first kappa shape index (κ1) is 12.4. The number of pyridine rings is 2. The van der Waals surface area contributed by atoms with Gasteiger partial charge in [0.2, 0.25) is 0 Å². The Morgan fingerprint density at radius 2 is 1.95 bits per heavy atom. The van der Waals surface area contributed by atoms with E-state index < -0.39 is 0 Å². The highest BCUT2D eigenvalue weighted by molar-refractivity contribution is 5.98. The fourth-order valence-corrected chi connectivity index (χ4v) is 2.48. The van der Waals surface area contributed by atoms with Crippen molar-refractivity contribution in [1.29, 1.82) is 0 Å². The summed E-state index contributed by atoms with van der Waals surface area (Å²) in [7, 11) is 0. The molecule has 100 valence electrons. The molecule has 4 heteroatoms. The van der Waals surface area contributed by atoms with E-state index in [9.17, 15) is 9.90 Å². The maximum Gasteiger partial charge on any atom is 0.251 e. The normalized spacial score (nSPS) is 10.9. The number of fused-ring (bicyclic) bond motifs is 1. The Bertz CT molecular complexity index is 852. The van der Waals surface area contributed by atoms with Crippen LogP contribution in [0.15, 0.2) is 41.5 Å². The molecule has 0 saturated heterocycles. The van der Waals surface area contributed by atoms with Crippen molar-refractivity contribution in [3.05, 3.63) is 58.1 Å². The number of aromatic nitrogens is 2. The van der Waals surface area contributed by atoms with Crippen molar-refractivity contribution >= 4 is 10.9 Å². The van der Waals surface area contributed by atoms with Crippen LogP contribution in [0, 0.1) is 13.8 Å². The van der Waals surface area contributed by atoms with E-state index in [0.29, 0.717) is 16.6 Å². The smallest absolute Gasteiger partial charge is 0.251 e. The first-order valence-corrected chi connectivity index (χ1v) is 6.35. The molecule has 0 atom stereocenters. The van der Waals surface area contributed by atoms with Crippen molar-refractivity contribution in [3.63, 3.8) is 0 Å². The largest absolute Gasteiger partial charge is 0.508 e. The lowest BCUT2D eigenvalue weighted by Crippen LogP contribution is -2.12. The second-order valence-corrected chi connectivity index (χ2v) is 4.83. The summed E-state index contributed by atoms with van der Waals surface area (Å²) < 4.78 is 0. The number of hydrogen-bond donors (Lipinski definition) is 2. The zero-order valence-corrected chi connectivity index (χ0v) is 11.3. The first-order valence-electron chi connectivity index (χ1n) is 6.35. The van der Waals surface area contributed by atoms with Crippen LogP contribution in [-0.2, 0) is 0 Å². The number of aromatic hydroxyl groups is 1. The highest BCUT2D eigenvalue weighted by Gasteiger charge is 2.13. The van der Waals surface area contributed by atoms with Crippen molar-refractivity contribution in [2.45, 2.75) is 13.8 Å². The lowest BCUT2D eigenvalue weighted by molar-refractivity contribution is 0.472. The van der Waals surface area contributed by atoms with Gasteiger partial charge in [0.15, 0.2) is 0 Å². The van der Waals surface area contributed by atoms with Gasteiger partial charge in [-0.25, -0.2) is 0 Å². The van der Waals surface area contributed by atoms with E-state index in [1.807, 2.05) is 18.2 Å². The molecule has 0 aliphatic rings. The Kier molecular flexibility index (Phi) is 2.79. The molecule has 0 saturated carbocycles. The average Bonchev–Trinajstić information content (AvgIpc) is 2.46. The predicted octanol–water partition coefficient (Wildman–Crippen LogP) is 2.91. The number of H-pyrrole nitrogens is 1. The molecule has 0 aliphatic heterocycles. The number of benzene rings is 1. The van der Waals surface area contributed by atoms with Gasteiger partial charge in [0.25, 0.3) is 5.56 Å². The third-order valence-corrected chi connectivity index (χ3v) is 3.61. The molecule has 2 N–H and O–H groups in total. The quantitative estimate of drug-likeness (QED) is 0.711. The van der Waals surface area contributed by atoms with Crippen LogP contribution in [0.2, 0.25) is 0 Å². The van der Waals surface area contributed by atoms with E-state index in [2.05, 4.69) is 9.97 Å². The molecule has 2 aromatic heterocycles. The second-order valence-electron chi connectivity index (χ2n) is 4.83. The van der Waals surface area contributed by atoms with Gasteiger partial charge in [-0.05, 0) is 32.0 Å². The lowest BCUT2D eigenvalue weighted by atomic mass is 9.96. The molecule has 0 aliphatic carbocycles. The van der Waals surface area contributed by atoms with Crippen LogP contribution in [0.1, 0.15) is 11.1 Å². The molecule has 0 bridgehead atoms. The van der Waals surface area contributed by atoms with Crippen molar-refractivity contribution in [3.8, 4) is 16.9 Å². The number of nitrogens with zero attached hydrogens (tertiary/aromatic N) is 1. The molecule has 20 heavy (non-hydrogen) atoms. The van der Waals surface area contributed by atoms with Crippen LogP contribution >= 0.6 is 0 Å². The van der Waals surface area contributed by atoms with Crippen LogP contribution < -0.4 is 5.56 Å². The van der Waals surface area contributed by atoms with Gasteiger partial charge in [-0.1, -0.05) is 6.07 Å². The first-order chi connectivity index (χ1) is 9.59. The van der Waals surface area contributed by atoms with E-state index in [0.717, 1.165) is 16.5 Å². The van der Waals surface area contributed by atoms with Gasteiger partial charge in [-0.2, -0.15) is 0 Å². The van der Waals surface area contributed by atoms with Crippen LogP contribution in [0.4, 0.5) is 0 Å². The SMILES string of the molecule is Cc1c(-c2cccnc2)c2ccc(O)c(C)c2[nH]c1=O. The Morgan fingerprint density at radius 1 is 1.15 bits per heavy atom. The van der Waals surface area contributed by atoms with Crippen molar-refractivity contribution in [2.75, 3.05) is 0 Å². The van der Waals surface area contributed by atoms with Gasteiger partial charge in [0.1, 0.15) is 5.75 Å². The highest BCUT2D eigenvalue weighted by atomic mass is 16.3. The van der Waals surface area contributed by atoms with Crippen molar-refractivity contribution < 1.29 is 5.11 Å². The minimum absolute atomic E-state index is 0.148. The zero-order valence-electron chi connectivity index (χ0n) is 11.3. The second kappa shape index (κ2) is 4.49. The van der Waals surface area contributed by atoms with Gasteiger partial charge < -0.3 is 10.1 Å². The van der Waals surface area contributed by atoms with Crippen LogP contribution in [0.25, 0.3) is 22.0 Å². The van der Waals surface area contributed by atoms with Gasteiger partial charge in [0.05, 0.1) is 5.52 Å². The molecule has 0 spiro atoms. The van der Waals surface area contributed by atoms with E-state index in [-0.39, 0.29) is 11.3 Å². The van der Waals surface area contributed by atoms with Crippen LogP contribution in [-0.4, -0.2) is 15.1 Å². The minimum atomic E-state index is -0.148. The maximum atomic E-state index is 12.1. The van der Waals surface area contributed by atoms with E-state index in [4.69, 9.17) is 0 Å². The number of phenolic OH excluding ortho intramolecular Hbond substituents is 1. The summed E-state index contributed by atoms with van der Waals surface area (Å²) in [4.78, 5) is 19.1. The third-order valence-electron chi connectivity index (χ3n) is 3.61. The Balaban J connectivity index is 2.51. The van der Waals surface area contributed by atoms with E-state index >= 15 is 0 Å². The number of nitrogens with one attached hydrogen (secondary N) is 1. The molecule has 0 unspecified atom stereocenters. The molecule has 2 heterocycles. The Morgan fingerprint density at radius 3 is 2.65 bits per heavy atom. The highest BCUT2D eigenvalue weighted by Crippen LogP contribution is 2.32. The van der Waals surface area contributed by atoms with E-state index in [1.165, 1.54) is 0 Å². The predicted molar refractivity (Wildman–Crippen MR) is 78.9 cm³/mol. The number of phenols is 1. The van der Waals surface area contributed by atoms with Gasteiger partial charge in [-0.3, -0.25) is 9.78 Å². The van der Waals surface area contributed by atoms with Crippen LogP contribution in [0.3, 0.4) is 0 Å². The Labute approximate surface area is 115 Å². The average molecular weight is 266 g/mol. The number of hydrogen-bond acceptors (Lipinski definition) is 3. The summed E-state index contributed by atoms with van der Waals surface area (Å²) in [6.07, 6.45) is 3.44. The van der Waals surface area contributed by atoms with Gasteiger partial charge in [-0.15, -0.1) is 0 Å². The molecular formula is C16H14N2O2. The van der Waals surface area contributed by atoms with Crippen molar-refractivity contribution in [1.82, 2.24) is 9.97 Å². The Hall–Kier alpha value is -2.62. The summed E-state index contributed by atoms with van der Waals surface area (Å²) >= 11 is 0. The van der Waals surface area contributed by atoms with Gasteiger partial charge >= 0.3 is 0 Å². The lowest BCUT2D eigenvalue weighted by Gasteiger charge is -2.12. The monoisotopic (exact) mass is 266 g/mol. The number of aromatic amines is 1. The fourth-order valence-electron chi connectivity index (χ4n) is 2.48. The molecule has 0 radical (unpaired) electrons. The molecular weight excluding hydrogens is 252 g/mol. The molecule has 0 fully saturated rings. The third kappa shape index (κ3) is 1.77. The number of aryl methyl sites for hydroxylation is 1. The molecule has 1 aromatic carbocycles. The maximum absolute atomic E-state index is 12.1. The zero-order chi connectivity index (χ0) is 14.3. The topological polar surface area (TPSA) is 66.0 Å². The molecule has 3 rings (SSSR count). The minimum Gasteiger partial charge on any atom is -0.508 e. The van der Waals surface area contributed by atoms with E-state index in [1.54, 1.807) is 32.3 Å². The molecule has 0 amide bonds. The fraction of sp³-hybridized carbons (Fsp3) is 0.125. The van der Waals surface area contributed by atoms with Crippen LogP contribution in [0.5, 0.6) is 5.75 Å². The molecule has 3 aromatic rings.